The Morgan fingerprint density at radius 1 is 1.23 bits per heavy atom. The van der Waals surface area contributed by atoms with Gasteiger partial charge in [0.25, 0.3) is 0 Å². The van der Waals surface area contributed by atoms with E-state index < -0.39 is 0 Å². The molecule has 0 saturated heterocycles. The summed E-state index contributed by atoms with van der Waals surface area (Å²) in [6.45, 7) is 3.59. The van der Waals surface area contributed by atoms with E-state index in [2.05, 4.69) is 10.6 Å². The first kappa shape index (κ1) is 15.9. The molecule has 116 valence electrons. The molecule has 0 bridgehead atoms. The van der Waals surface area contributed by atoms with Gasteiger partial charge in [0, 0.05) is 0 Å². The van der Waals surface area contributed by atoms with E-state index in [4.69, 9.17) is 9.84 Å². The van der Waals surface area contributed by atoms with E-state index in [0.29, 0.717) is 17.2 Å². The van der Waals surface area contributed by atoms with Crippen LogP contribution in [-0.4, -0.2) is 23.8 Å². The SMILES string of the molecule is Cc1cccc(Oc2ccccc2NC(=O)N[C@@H](C)CO)c1. The van der Waals surface area contributed by atoms with Crippen molar-refractivity contribution in [3.8, 4) is 11.5 Å². The first-order valence-corrected chi connectivity index (χ1v) is 7.10. The van der Waals surface area contributed by atoms with Gasteiger partial charge >= 0.3 is 6.03 Å². The number of rotatable bonds is 5. The number of carbonyl (C=O) groups excluding carboxylic acids is 1. The van der Waals surface area contributed by atoms with Gasteiger partial charge in [0.2, 0.25) is 0 Å². The molecule has 3 N–H and O–H groups in total. The van der Waals surface area contributed by atoms with Gasteiger partial charge < -0.3 is 20.5 Å². The molecule has 0 aliphatic carbocycles. The maximum atomic E-state index is 11.9. The van der Waals surface area contributed by atoms with Gasteiger partial charge in [-0.1, -0.05) is 24.3 Å². The number of nitrogens with one attached hydrogen (secondary N) is 2. The molecular weight excluding hydrogens is 280 g/mol. The van der Waals surface area contributed by atoms with E-state index in [1.54, 1.807) is 19.1 Å². The van der Waals surface area contributed by atoms with Crippen LogP contribution in [-0.2, 0) is 0 Å². The van der Waals surface area contributed by atoms with Gasteiger partial charge in [0.05, 0.1) is 18.3 Å². The lowest BCUT2D eigenvalue weighted by atomic mass is 10.2. The maximum absolute atomic E-state index is 11.9. The number of carbonyl (C=O) groups is 1. The van der Waals surface area contributed by atoms with Crippen molar-refractivity contribution >= 4 is 11.7 Å². The zero-order chi connectivity index (χ0) is 15.9. The average molecular weight is 300 g/mol. The molecule has 2 rings (SSSR count). The molecule has 0 spiro atoms. The van der Waals surface area contributed by atoms with Crippen LogP contribution >= 0.6 is 0 Å². The molecule has 5 heteroatoms. The number of aliphatic hydroxyl groups excluding tert-OH is 1. The Hall–Kier alpha value is -2.53. The second kappa shape index (κ2) is 7.47. The number of amides is 2. The summed E-state index contributed by atoms with van der Waals surface area (Å²) in [5, 5.41) is 14.3. The predicted molar refractivity (Wildman–Crippen MR) is 86.4 cm³/mol. The van der Waals surface area contributed by atoms with Gasteiger partial charge in [-0.25, -0.2) is 4.79 Å². The van der Waals surface area contributed by atoms with Crippen molar-refractivity contribution in [2.45, 2.75) is 19.9 Å². The molecule has 2 aromatic rings. The van der Waals surface area contributed by atoms with E-state index in [9.17, 15) is 4.79 Å². The Balaban J connectivity index is 2.11. The third-order valence-electron chi connectivity index (χ3n) is 3.00. The van der Waals surface area contributed by atoms with Crippen LogP contribution in [0.4, 0.5) is 10.5 Å². The number of hydrogen-bond donors (Lipinski definition) is 3. The van der Waals surface area contributed by atoms with Crippen LogP contribution in [0, 0.1) is 6.92 Å². The standard InChI is InChI=1S/C17H20N2O3/c1-12-6-5-7-14(10-12)22-16-9-4-3-8-15(16)19-17(21)18-13(2)11-20/h3-10,13,20H,11H2,1-2H3,(H2,18,19,21)/t13-/m0/s1. The van der Waals surface area contributed by atoms with Crippen molar-refractivity contribution in [1.82, 2.24) is 5.32 Å². The Bertz CT molecular complexity index is 643. The lowest BCUT2D eigenvalue weighted by Gasteiger charge is -2.15. The molecule has 5 nitrogen and oxygen atoms in total. The maximum Gasteiger partial charge on any atom is 0.319 e. The van der Waals surface area contributed by atoms with Gasteiger partial charge in [0.15, 0.2) is 5.75 Å². The highest BCUT2D eigenvalue weighted by Gasteiger charge is 2.10. The van der Waals surface area contributed by atoms with Crippen molar-refractivity contribution in [2.24, 2.45) is 0 Å². The molecule has 0 radical (unpaired) electrons. The summed E-state index contributed by atoms with van der Waals surface area (Å²) in [7, 11) is 0. The molecule has 0 saturated carbocycles. The summed E-state index contributed by atoms with van der Waals surface area (Å²) < 4.78 is 5.83. The van der Waals surface area contributed by atoms with Crippen molar-refractivity contribution in [2.75, 3.05) is 11.9 Å². The van der Waals surface area contributed by atoms with Crippen molar-refractivity contribution in [1.29, 1.82) is 0 Å². The van der Waals surface area contributed by atoms with Gasteiger partial charge in [-0.2, -0.15) is 0 Å². The van der Waals surface area contributed by atoms with Gasteiger partial charge in [-0.3, -0.25) is 0 Å². The number of hydrogen-bond acceptors (Lipinski definition) is 3. The topological polar surface area (TPSA) is 70.6 Å². The summed E-state index contributed by atoms with van der Waals surface area (Å²) >= 11 is 0. The number of urea groups is 1. The minimum absolute atomic E-state index is 0.116. The highest BCUT2D eigenvalue weighted by molar-refractivity contribution is 5.91. The van der Waals surface area contributed by atoms with Crippen molar-refractivity contribution < 1.29 is 14.6 Å². The Morgan fingerprint density at radius 2 is 2.00 bits per heavy atom. The van der Waals surface area contributed by atoms with Crippen LogP contribution in [0.1, 0.15) is 12.5 Å². The first-order chi connectivity index (χ1) is 10.6. The minimum Gasteiger partial charge on any atom is -0.455 e. The summed E-state index contributed by atoms with van der Waals surface area (Å²) in [6.07, 6.45) is 0. The van der Waals surface area contributed by atoms with Gasteiger partial charge in [-0.05, 0) is 43.7 Å². The summed E-state index contributed by atoms with van der Waals surface area (Å²) in [6, 6.07) is 14.2. The number of benzene rings is 2. The highest BCUT2D eigenvalue weighted by Crippen LogP contribution is 2.29. The Morgan fingerprint density at radius 3 is 2.73 bits per heavy atom. The van der Waals surface area contributed by atoms with Gasteiger partial charge in [-0.15, -0.1) is 0 Å². The second-order valence-electron chi connectivity index (χ2n) is 5.10. The number of anilines is 1. The third-order valence-corrected chi connectivity index (χ3v) is 3.00. The molecule has 0 aliphatic heterocycles. The summed E-state index contributed by atoms with van der Waals surface area (Å²) in [5.41, 5.74) is 1.66. The fraction of sp³-hybridized carbons (Fsp3) is 0.235. The quantitative estimate of drug-likeness (QED) is 0.793. The lowest BCUT2D eigenvalue weighted by molar-refractivity contribution is 0.229. The average Bonchev–Trinajstić information content (AvgIpc) is 2.49. The van der Waals surface area contributed by atoms with E-state index in [0.717, 1.165) is 5.56 Å². The molecular formula is C17H20N2O3. The first-order valence-electron chi connectivity index (χ1n) is 7.10. The van der Waals surface area contributed by atoms with Crippen LogP contribution in [0.2, 0.25) is 0 Å². The fourth-order valence-electron chi connectivity index (χ4n) is 1.89. The van der Waals surface area contributed by atoms with Crippen molar-refractivity contribution in [3.05, 3.63) is 54.1 Å². The van der Waals surface area contributed by atoms with Crippen molar-refractivity contribution in [3.63, 3.8) is 0 Å². The molecule has 0 aliphatic rings. The molecule has 0 heterocycles. The largest absolute Gasteiger partial charge is 0.455 e. The minimum atomic E-state index is -0.387. The molecule has 0 fully saturated rings. The van der Waals surface area contributed by atoms with Crippen LogP contribution < -0.4 is 15.4 Å². The highest BCUT2D eigenvalue weighted by atomic mass is 16.5. The van der Waals surface area contributed by atoms with Crippen LogP contribution in [0.15, 0.2) is 48.5 Å². The molecule has 1 atom stereocenters. The van der Waals surface area contributed by atoms with Gasteiger partial charge in [0.1, 0.15) is 5.75 Å². The van der Waals surface area contributed by atoms with E-state index in [1.165, 1.54) is 0 Å². The predicted octanol–water partition coefficient (Wildman–Crippen LogP) is 3.29. The zero-order valence-corrected chi connectivity index (χ0v) is 12.7. The molecule has 0 unspecified atom stereocenters. The third kappa shape index (κ3) is 4.49. The second-order valence-corrected chi connectivity index (χ2v) is 5.10. The molecule has 2 aromatic carbocycles. The summed E-state index contributed by atoms with van der Waals surface area (Å²) in [5.74, 6) is 1.26. The molecule has 22 heavy (non-hydrogen) atoms. The normalized spacial score (nSPS) is 11.6. The Labute approximate surface area is 129 Å². The fourth-order valence-corrected chi connectivity index (χ4v) is 1.89. The zero-order valence-electron chi connectivity index (χ0n) is 12.7. The monoisotopic (exact) mass is 300 g/mol. The number of para-hydroxylation sites is 2. The van der Waals surface area contributed by atoms with E-state index >= 15 is 0 Å². The smallest absolute Gasteiger partial charge is 0.319 e. The summed E-state index contributed by atoms with van der Waals surface area (Å²) in [4.78, 5) is 11.9. The van der Waals surface area contributed by atoms with Crippen LogP contribution in [0.5, 0.6) is 11.5 Å². The van der Waals surface area contributed by atoms with Crippen LogP contribution in [0.25, 0.3) is 0 Å². The lowest BCUT2D eigenvalue weighted by Crippen LogP contribution is -2.38. The van der Waals surface area contributed by atoms with E-state index in [1.807, 2.05) is 43.3 Å². The number of ether oxygens (including phenoxy) is 1. The van der Waals surface area contributed by atoms with E-state index in [-0.39, 0.29) is 18.7 Å². The number of aliphatic hydroxyl groups is 1. The van der Waals surface area contributed by atoms with Crippen LogP contribution in [0.3, 0.4) is 0 Å². The molecule has 2 amide bonds. The number of aryl methyl sites for hydroxylation is 1. The Kier molecular flexibility index (Phi) is 5.38. The molecule has 0 aromatic heterocycles.